The number of hydrogen-bond donors (Lipinski definition) is 1. The zero-order chi connectivity index (χ0) is 18.4. The monoisotopic (exact) mass is 384 g/mol. The van der Waals surface area contributed by atoms with Crippen molar-refractivity contribution in [3.05, 3.63) is 23.7 Å². The van der Waals surface area contributed by atoms with Crippen molar-refractivity contribution < 1.29 is 8.42 Å². The van der Waals surface area contributed by atoms with Gasteiger partial charge in [-0.3, -0.25) is 4.68 Å². The molecular formula is C17H28N4O2S2. The highest BCUT2D eigenvalue weighted by Gasteiger charge is 2.24. The second-order valence-electron chi connectivity index (χ2n) is 6.17. The van der Waals surface area contributed by atoms with Crippen LogP contribution < -0.4 is 4.72 Å². The van der Waals surface area contributed by atoms with E-state index >= 15 is 0 Å². The van der Waals surface area contributed by atoms with Gasteiger partial charge in [-0.25, -0.2) is 13.1 Å². The predicted molar refractivity (Wildman–Crippen MR) is 104 cm³/mol. The van der Waals surface area contributed by atoms with Crippen molar-refractivity contribution in [1.82, 2.24) is 19.4 Å². The molecule has 2 aromatic heterocycles. The van der Waals surface area contributed by atoms with Crippen molar-refractivity contribution in [3.8, 4) is 10.6 Å². The summed E-state index contributed by atoms with van der Waals surface area (Å²) in [5.41, 5.74) is 0.528. The lowest BCUT2D eigenvalue weighted by Crippen LogP contribution is -2.30. The maximum absolute atomic E-state index is 12.8. The summed E-state index contributed by atoms with van der Waals surface area (Å²) >= 11 is 1.49. The van der Waals surface area contributed by atoms with Crippen LogP contribution in [0.25, 0.3) is 10.6 Å². The number of nitrogens with one attached hydrogen (secondary N) is 1. The van der Waals surface area contributed by atoms with Crippen LogP contribution >= 0.6 is 11.3 Å². The highest BCUT2D eigenvalue weighted by atomic mass is 32.2. The third kappa shape index (κ3) is 5.13. The Hall–Kier alpha value is -1.22. The van der Waals surface area contributed by atoms with Gasteiger partial charge in [0.05, 0.1) is 4.88 Å². The third-order valence-corrected chi connectivity index (χ3v) is 6.45. The number of hydrogen-bond acceptors (Lipinski definition) is 5. The van der Waals surface area contributed by atoms with E-state index in [1.165, 1.54) is 11.3 Å². The van der Waals surface area contributed by atoms with E-state index in [9.17, 15) is 8.42 Å². The normalized spacial score (nSPS) is 12.4. The summed E-state index contributed by atoms with van der Waals surface area (Å²) in [5, 5.41) is 6.43. The minimum atomic E-state index is -3.59. The standard InChI is InChI=1S/C17H28N4O2S2/c1-5-20(6-2)11-8-10-18-25(22,23)16-13-21(14(3)4)19-17(16)15-9-7-12-24-15/h7,9,12-14,18H,5-6,8,10-11H2,1-4H3. The summed E-state index contributed by atoms with van der Waals surface area (Å²) in [7, 11) is -3.59. The van der Waals surface area contributed by atoms with E-state index in [2.05, 4.69) is 28.6 Å². The Kier molecular flexibility index (Phi) is 7.18. The van der Waals surface area contributed by atoms with Gasteiger partial charge >= 0.3 is 0 Å². The average molecular weight is 385 g/mol. The molecule has 0 aromatic carbocycles. The van der Waals surface area contributed by atoms with E-state index in [-0.39, 0.29) is 10.9 Å². The predicted octanol–water partition coefficient (Wildman–Crippen LogP) is 3.20. The molecule has 0 fully saturated rings. The van der Waals surface area contributed by atoms with Gasteiger partial charge in [0, 0.05) is 18.8 Å². The zero-order valence-corrected chi connectivity index (χ0v) is 17.0. The molecule has 8 heteroatoms. The molecule has 1 N–H and O–H groups in total. The highest BCUT2D eigenvalue weighted by Crippen LogP contribution is 2.30. The largest absolute Gasteiger partial charge is 0.304 e. The van der Waals surface area contributed by atoms with E-state index in [1.807, 2.05) is 31.4 Å². The second-order valence-corrected chi connectivity index (χ2v) is 8.85. The van der Waals surface area contributed by atoms with Crippen LogP contribution in [0.15, 0.2) is 28.6 Å². The maximum Gasteiger partial charge on any atom is 0.244 e. The summed E-state index contributed by atoms with van der Waals surface area (Å²) in [4.78, 5) is 3.40. The third-order valence-electron chi connectivity index (χ3n) is 4.11. The van der Waals surface area contributed by atoms with Crippen LogP contribution in [0.2, 0.25) is 0 Å². The molecule has 0 unspecified atom stereocenters. The van der Waals surface area contributed by atoms with Crippen molar-refractivity contribution >= 4 is 21.4 Å². The van der Waals surface area contributed by atoms with Crippen LogP contribution in [-0.2, 0) is 10.0 Å². The van der Waals surface area contributed by atoms with E-state index in [0.717, 1.165) is 30.9 Å². The lowest BCUT2D eigenvalue weighted by Gasteiger charge is -2.17. The van der Waals surface area contributed by atoms with Crippen molar-refractivity contribution in [2.24, 2.45) is 0 Å². The lowest BCUT2D eigenvalue weighted by molar-refractivity contribution is 0.300. The Bertz CT molecular complexity index is 748. The van der Waals surface area contributed by atoms with Gasteiger partial charge in [0.25, 0.3) is 0 Å². The molecule has 6 nitrogen and oxygen atoms in total. The number of aromatic nitrogens is 2. The molecule has 2 rings (SSSR count). The average Bonchev–Trinajstić information content (AvgIpc) is 3.24. The van der Waals surface area contributed by atoms with E-state index < -0.39 is 10.0 Å². The quantitative estimate of drug-likeness (QED) is 0.639. The van der Waals surface area contributed by atoms with Crippen LogP contribution in [0.4, 0.5) is 0 Å². The minimum Gasteiger partial charge on any atom is -0.304 e. The Balaban J connectivity index is 2.15. The fourth-order valence-corrected chi connectivity index (χ4v) is 4.56. The van der Waals surface area contributed by atoms with Gasteiger partial charge in [-0.2, -0.15) is 5.10 Å². The van der Waals surface area contributed by atoms with Crippen LogP contribution in [0.3, 0.4) is 0 Å². The number of thiophene rings is 1. The van der Waals surface area contributed by atoms with Gasteiger partial charge in [-0.1, -0.05) is 19.9 Å². The van der Waals surface area contributed by atoms with Gasteiger partial charge in [0.2, 0.25) is 10.0 Å². The topological polar surface area (TPSA) is 67.2 Å². The molecule has 0 amide bonds. The first-order valence-corrected chi connectivity index (χ1v) is 11.1. The first-order chi connectivity index (χ1) is 11.9. The van der Waals surface area contributed by atoms with Crippen LogP contribution in [0.5, 0.6) is 0 Å². The first kappa shape index (κ1) is 20.1. The molecule has 0 bridgehead atoms. The summed E-state index contributed by atoms with van der Waals surface area (Å²) in [6.45, 7) is 11.5. The Morgan fingerprint density at radius 3 is 2.60 bits per heavy atom. The van der Waals surface area contributed by atoms with Crippen LogP contribution in [0.1, 0.15) is 40.2 Å². The van der Waals surface area contributed by atoms with Crippen molar-refractivity contribution in [2.75, 3.05) is 26.2 Å². The van der Waals surface area contributed by atoms with E-state index in [4.69, 9.17) is 0 Å². The second kappa shape index (κ2) is 8.93. The molecule has 0 spiro atoms. The maximum atomic E-state index is 12.8. The highest BCUT2D eigenvalue weighted by molar-refractivity contribution is 7.89. The number of sulfonamides is 1. The smallest absolute Gasteiger partial charge is 0.244 e. The number of nitrogens with zero attached hydrogens (tertiary/aromatic N) is 3. The van der Waals surface area contributed by atoms with Gasteiger partial charge in [-0.15, -0.1) is 11.3 Å². The van der Waals surface area contributed by atoms with Crippen LogP contribution in [-0.4, -0.2) is 49.3 Å². The fraction of sp³-hybridized carbons (Fsp3) is 0.588. The molecule has 0 aliphatic rings. The van der Waals surface area contributed by atoms with Gasteiger partial charge < -0.3 is 4.90 Å². The zero-order valence-electron chi connectivity index (χ0n) is 15.4. The molecule has 0 atom stereocenters. The molecular weight excluding hydrogens is 356 g/mol. The van der Waals surface area contributed by atoms with Crippen molar-refractivity contribution in [2.45, 2.75) is 45.1 Å². The summed E-state index contributed by atoms with van der Waals surface area (Å²) in [5.74, 6) is 0. The Morgan fingerprint density at radius 2 is 2.04 bits per heavy atom. The van der Waals surface area contributed by atoms with Gasteiger partial charge in [0.15, 0.2) is 0 Å². The van der Waals surface area contributed by atoms with Crippen LogP contribution in [0, 0.1) is 0 Å². The van der Waals surface area contributed by atoms with Crippen molar-refractivity contribution in [1.29, 1.82) is 0 Å². The lowest BCUT2D eigenvalue weighted by atomic mass is 10.3. The molecule has 0 radical (unpaired) electrons. The van der Waals surface area contributed by atoms with Crippen molar-refractivity contribution in [3.63, 3.8) is 0 Å². The van der Waals surface area contributed by atoms with E-state index in [1.54, 1.807) is 10.9 Å². The minimum absolute atomic E-state index is 0.102. The molecule has 0 aliphatic carbocycles. The summed E-state index contributed by atoms with van der Waals surface area (Å²) in [6.07, 6.45) is 2.42. The van der Waals surface area contributed by atoms with Gasteiger partial charge in [-0.05, 0) is 51.3 Å². The number of rotatable bonds is 10. The molecule has 0 saturated heterocycles. The van der Waals surface area contributed by atoms with Gasteiger partial charge in [0.1, 0.15) is 10.6 Å². The molecule has 25 heavy (non-hydrogen) atoms. The molecule has 140 valence electrons. The Morgan fingerprint density at radius 1 is 1.32 bits per heavy atom. The molecule has 0 saturated carbocycles. The first-order valence-electron chi connectivity index (χ1n) is 8.74. The molecule has 0 aliphatic heterocycles. The molecule has 2 heterocycles. The SMILES string of the molecule is CCN(CC)CCCNS(=O)(=O)c1cn(C(C)C)nc1-c1cccs1. The summed E-state index contributed by atoms with van der Waals surface area (Å²) < 4.78 is 30.0. The Labute approximate surface area is 154 Å². The fourth-order valence-electron chi connectivity index (χ4n) is 2.55. The van der Waals surface area contributed by atoms with E-state index in [0.29, 0.717) is 12.2 Å². The summed E-state index contributed by atoms with van der Waals surface area (Å²) in [6, 6.07) is 3.91. The molecule has 2 aromatic rings.